The van der Waals surface area contributed by atoms with Crippen molar-refractivity contribution >= 4 is 9.24 Å². The fourth-order valence-corrected chi connectivity index (χ4v) is 2.34. The second-order valence-electron chi connectivity index (χ2n) is 4.63. The van der Waals surface area contributed by atoms with E-state index in [1.807, 2.05) is 0 Å². The van der Waals surface area contributed by atoms with Gasteiger partial charge in [0.25, 0.3) is 0 Å². The lowest BCUT2D eigenvalue weighted by Gasteiger charge is -2.28. The van der Waals surface area contributed by atoms with E-state index in [0.717, 1.165) is 0 Å². The van der Waals surface area contributed by atoms with Crippen LogP contribution in [0.5, 0.6) is 0 Å². The minimum atomic E-state index is 0.560. The van der Waals surface area contributed by atoms with Crippen LogP contribution >= 0.6 is 9.24 Å². The molecule has 0 spiro atoms. The van der Waals surface area contributed by atoms with Crippen molar-refractivity contribution < 1.29 is 0 Å². The molecule has 1 unspecified atom stereocenters. The average Bonchev–Trinajstić information content (AvgIpc) is 2.19. The molecule has 0 aromatic carbocycles. The largest absolute Gasteiger partial charge is 0.131 e. The first-order chi connectivity index (χ1) is 6.68. The van der Waals surface area contributed by atoms with Gasteiger partial charge in [-0.1, -0.05) is 59.3 Å². The monoisotopic (exact) mass is 216 g/mol. The van der Waals surface area contributed by atoms with Gasteiger partial charge in [0, 0.05) is 0 Å². The fraction of sp³-hybridized carbons (Fsp3) is 1.00. The van der Waals surface area contributed by atoms with Gasteiger partial charge >= 0.3 is 0 Å². The maximum absolute atomic E-state index is 3.13. The second kappa shape index (κ2) is 8.72. The van der Waals surface area contributed by atoms with E-state index in [2.05, 4.69) is 30.0 Å². The van der Waals surface area contributed by atoms with Crippen LogP contribution < -0.4 is 0 Å². The molecule has 0 N–H and O–H groups in total. The summed E-state index contributed by atoms with van der Waals surface area (Å²) in [6.45, 7) is 6.91. The van der Waals surface area contributed by atoms with Gasteiger partial charge in [0.15, 0.2) is 0 Å². The van der Waals surface area contributed by atoms with Gasteiger partial charge in [-0.25, -0.2) is 0 Å². The Morgan fingerprint density at radius 2 is 1.21 bits per heavy atom. The van der Waals surface area contributed by atoms with Gasteiger partial charge in [-0.15, -0.1) is 9.24 Å². The fourth-order valence-electron chi connectivity index (χ4n) is 1.93. The third-order valence-corrected chi connectivity index (χ3v) is 4.25. The summed E-state index contributed by atoms with van der Waals surface area (Å²) in [5, 5.41) is 0.560. The van der Waals surface area contributed by atoms with Gasteiger partial charge in [0.2, 0.25) is 0 Å². The van der Waals surface area contributed by atoms with E-state index in [1.165, 1.54) is 57.8 Å². The van der Waals surface area contributed by atoms with Crippen molar-refractivity contribution in [2.45, 2.75) is 83.7 Å². The summed E-state index contributed by atoms with van der Waals surface area (Å²) in [4.78, 5) is 0. The van der Waals surface area contributed by atoms with Crippen molar-refractivity contribution in [1.29, 1.82) is 0 Å². The first-order valence-corrected chi connectivity index (χ1v) is 7.05. The highest BCUT2D eigenvalue weighted by atomic mass is 31.0. The van der Waals surface area contributed by atoms with Crippen LogP contribution in [0.1, 0.15) is 78.6 Å². The highest BCUT2D eigenvalue weighted by Gasteiger charge is 2.20. The molecule has 0 bridgehead atoms. The lowest BCUT2D eigenvalue weighted by Crippen LogP contribution is -2.19. The molecule has 0 fully saturated rings. The van der Waals surface area contributed by atoms with Crippen molar-refractivity contribution in [3.05, 3.63) is 0 Å². The van der Waals surface area contributed by atoms with E-state index in [1.54, 1.807) is 0 Å². The van der Waals surface area contributed by atoms with Crippen molar-refractivity contribution in [2.75, 3.05) is 0 Å². The summed E-state index contributed by atoms with van der Waals surface area (Å²) in [5.74, 6) is 0. The van der Waals surface area contributed by atoms with Gasteiger partial charge in [-0.05, 0) is 24.4 Å². The molecule has 1 heteroatoms. The molecule has 0 aliphatic heterocycles. The number of hydrogen-bond acceptors (Lipinski definition) is 0. The molecule has 0 aliphatic carbocycles. The molecule has 0 saturated carbocycles. The van der Waals surface area contributed by atoms with Gasteiger partial charge < -0.3 is 0 Å². The quantitative estimate of drug-likeness (QED) is 0.368. The zero-order valence-corrected chi connectivity index (χ0v) is 11.6. The zero-order valence-electron chi connectivity index (χ0n) is 10.4. The molecule has 0 saturated heterocycles. The molecule has 0 radical (unpaired) electrons. The van der Waals surface area contributed by atoms with Crippen molar-refractivity contribution in [3.63, 3.8) is 0 Å². The van der Waals surface area contributed by atoms with Crippen LogP contribution in [0, 0.1) is 0 Å². The van der Waals surface area contributed by atoms with Crippen LogP contribution in [0.15, 0.2) is 0 Å². The standard InChI is InChI=1S/C13H29P/c1-4-7-9-11-13(14,6-3)12-10-8-5-2/h4-12,14H2,1-3H3. The molecule has 0 nitrogen and oxygen atoms in total. The van der Waals surface area contributed by atoms with Crippen LogP contribution in [-0.4, -0.2) is 5.16 Å². The Kier molecular flexibility index (Phi) is 8.98. The van der Waals surface area contributed by atoms with Crippen LogP contribution in [0.3, 0.4) is 0 Å². The molecular formula is C13H29P. The predicted molar refractivity (Wildman–Crippen MR) is 71.0 cm³/mol. The van der Waals surface area contributed by atoms with E-state index < -0.39 is 0 Å². The summed E-state index contributed by atoms with van der Waals surface area (Å²) < 4.78 is 0. The van der Waals surface area contributed by atoms with Crippen LogP contribution in [0.25, 0.3) is 0 Å². The average molecular weight is 216 g/mol. The summed E-state index contributed by atoms with van der Waals surface area (Å²) >= 11 is 0. The molecule has 0 amide bonds. The molecule has 0 aliphatic rings. The number of unbranched alkanes of at least 4 members (excludes halogenated alkanes) is 4. The van der Waals surface area contributed by atoms with E-state index >= 15 is 0 Å². The normalized spacial score (nSPS) is 12.0. The molecule has 0 heterocycles. The molecular weight excluding hydrogens is 187 g/mol. The zero-order chi connectivity index (χ0) is 10.9. The molecule has 86 valence electrons. The maximum Gasteiger partial charge on any atom is -0.0153 e. The molecule has 14 heavy (non-hydrogen) atoms. The highest BCUT2D eigenvalue weighted by Crippen LogP contribution is 2.34. The third kappa shape index (κ3) is 6.82. The summed E-state index contributed by atoms with van der Waals surface area (Å²) in [6.07, 6.45) is 12.5. The Bertz CT molecular complexity index is 110. The Morgan fingerprint density at radius 1 is 0.786 bits per heavy atom. The number of rotatable bonds is 9. The maximum atomic E-state index is 3.13. The highest BCUT2D eigenvalue weighted by molar-refractivity contribution is 7.18. The van der Waals surface area contributed by atoms with Gasteiger partial charge in [-0.2, -0.15) is 0 Å². The smallest absolute Gasteiger partial charge is 0.0153 e. The van der Waals surface area contributed by atoms with Crippen LogP contribution in [0.2, 0.25) is 0 Å². The topological polar surface area (TPSA) is 0 Å². The first-order valence-electron chi connectivity index (χ1n) is 6.47. The Balaban J connectivity index is 3.67. The lowest BCUT2D eigenvalue weighted by atomic mass is 9.91. The first kappa shape index (κ1) is 14.4. The van der Waals surface area contributed by atoms with E-state index in [9.17, 15) is 0 Å². The van der Waals surface area contributed by atoms with Gasteiger partial charge in [0.1, 0.15) is 0 Å². The summed E-state index contributed by atoms with van der Waals surface area (Å²) in [6, 6.07) is 0. The third-order valence-electron chi connectivity index (χ3n) is 3.26. The predicted octanol–water partition coefficient (Wildman–Crippen LogP) is 5.17. The minimum absolute atomic E-state index is 0.560. The Hall–Kier alpha value is 0.430. The van der Waals surface area contributed by atoms with E-state index in [-0.39, 0.29) is 0 Å². The molecule has 0 rings (SSSR count). The van der Waals surface area contributed by atoms with Crippen molar-refractivity contribution in [1.82, 2.24) is 0 Å². The van der Waals surface area contributed by atoms with Crippen LogP contribution in [0.4, 0.5) is 0 Å². The minimum Gasteiger partial charge on any atom is -0.131 e. The van der Waals surface area contributed by atoms with Crippen molar-refractivity contribution in [2.24, 2.45) is 0 Å². The van der Waals surface area contributed by atoms with E-state index in [0.29, 0.717) is 5.16 Å². The summed E-state index contributed by atoms with van der Waals surface area (Å²) in [5.41, 5.74) is 0. The molecule has 1 atom stereocenters. The molecule has 0 aromatic heterocycles. The van der Waals surface area contributed by atoms with E-state index in [4.69, 9.17) is 0 Å². The molecule has 0 aromatic rings. The lowest BCUT2D eigenvalue weighted by molar-refractivity contribution is 0.441. The second-order valence-corrected chi connectivity index (χ2v) is 5.85. The Morgan fingerprint density at radius 3 is 1.50 bits per heavy atom. The summed E-state index contributed by atoms with van der Waals surface area (Å²) in [7, 11) is 3.13. The van der Waals surface area contributed by atoms with Crippen LogP contribution in [-0.2, 0) is 0 Å². The Labute approximate surface area is 93.4 Å². The SMILES string of the molecule is CCCCCC(P)(CC)CCCCC. The van der Waals surface area contributed by atoms with Crippen molar-refractivity contribution in [3.8, 4) is 0 Å². The van der Waals surface area contributed by atoms with Gasteiger partial charge in [0.05, 0.1) is 0 Å². The van der Waals surface area contributed by atoms with Gasteiger partial charge in [-0.3, -0.25) is 0 Å². The number of hydrogen-bond donors (Lipinski definition) is 0.